The smallest absolute Gasteiger partial charge is 0.417 e. The Kier molecular flexibility index (Phi) is 5.03. The maximum atomic E-state index is 12.9. The SMILES string of the molecule is O=C(NCCC(O)c1ccc2c(c1)OCO2)c1ccccc1C(F)(F)F. The van der Waals surface area contributed by atoms with Crippen molar-refractivity contribution in [2.75, 3.05) is 13.3 Å². The molecule has 2 aromatic carbocycles. The molecule has 5 nitrogen and oxygen atoms in total. The first kappa shape index (κ1) is 18.1. The number of ether oxygens (including phenoxy) is 2. The standard InChI is InChI=1S/C18H16F3NO4/c19-18(20,21)13-4-2-1-3-12(13)17(24)22-8-7-14(23)11-5-6-15-16(9-11)26-10-25-15/h1-6,9,14,23H,7-8,10H2,(H,22,24). The zero-order chi connectivity index (χ0) is 18.7. The zero-order valence-electron chi connectivity index (χ0n) is 13.5. The van der Waals surface area contributed by atoms with Crippen LogP contribution in [-0.2, 0) is 6.18 Å². The molecule has 0 aliphatic carbocycles. The van der Waals surface area contributed by atoms with Crippen LogP contribution in [0.15, 0.2) is 42.5 Å². The summed E-state index contributed by atoms with van der Waals surface area (Å²) < 4.78 is 49.2. The van der Waals surface area contributed by atoms with Crippen LogP contribution >= 0.6 is 0 Å². The lowest BCUT2D eigenvalue weighted by Crippen LogP contribution is -2.28. The molecule has 3 rings (SSSR count). The first-order valence-electron chi connectivity index (χ1n) is 7.88. The second-order valence-electron chi connectivity index (χ2n) is 5.72. The van der Waals surface area contributed by atoms with Crippen LogP contribution in [0.2, 0.25) is 0 Å². The van der Waals surface area contributed by atoms with Crippen molar-refractivity contribution in [2.24, 2.45) is 0 Å². The van der Waals surface area contributed by atoms with Crippen molar-refractivity contribution in [1.82, 2.24) is 5.32 Å². The predicted octanol–water partition coefficient (Wildman–Crippen LogP) is 3.29. The number of nitrogens with one attached hydrogen (secondary N) is 1. The molecule has 1 amide bonds. The van der Waals surface area contributed by atoms with Crippen LogP contribution in [-0.4, -0.2) is 24.4 Å². The van der Waals surface area contributed by atoms with Gasteiger partial charge < -0.3 is 19.9 Å². The van der Waals surface area contributed by atoms with Crippen LogP contribution in [0.4, 0.5) is 13.2 Å². The molecule has 0 bridgehead atoms. The molecule has 0 radical (unpaired) electrons. The minimum atomic E-state index is -4.61. The van der Waals surface area contributed by atoms with Gasteiger partial charge in [-0.15, -0.1) is 0 Å². The minimum absolute atomic E-state index is 0.0145. The van der Waals surface area contributed by atoms with Gasteiger partial charge in [-0.05, 0) is 36.2 Å². The number of carbonyl (C=O) groups excluding carboxylic acids is 1. The van der Waals surface area contributed by atoms with Gasteiger partial charge in [0.2, 0.25) is 6.79 Å². The van der Waals surface area contributed by atoms with E-state index in [-0.39, 0.29) is 19.8 Å². The van der Waals surface area contributed by atoms with Gasteiger partial charge in [-0.25, -0.2) is 0 Å². The highest BCUT2D eigenvalue weighted by molar-refractivity contribution is 5.95. The van der Waals surface area contributed by atoms with E-state index in [9.17, 15) is 23.1 Å². The number of hydrogen-bond acceptors (Lipinski definition) is 4. The molecule has 1 unspecified atom stereocenters. The summed E-state index contributed by atoms with van der Waals surface area (Å²) in [5.74, 6) is 0.263. The van der Waals surface area contributed by atoms with Gasteiger partial charge in [0.05, 0.1) is 17.2 Å². The summed E-state index contributed by atoms with van der Waals surface area (Å²) in [7, 11) is 0. The highest BCUT2D eigenvalue weighted by Gasteiger charge is 2.34. The average Bonchev–Trinajstić information content (AvgIpc) is 3.08. The van der Waals surface area contributed by atoms with Crippen molar-refractivity contribution in [1.29, 1.82) is 0 Å². The van der Waals surface area contributed by atoms with E-state index in [2.05, 4.69) is 5.32 Å². The molecular weight excluding hydrogens is 351 g/mol. The van der Waals surface area contributed by atoms with E-state index >= 15 is 0 Å². The number of alkyl halides is 3. The van der Waals surface area contributed by atoms with Crippen molar-refractivity contribution in [3.05, 3.63) is 59.2 Å². The first-order chi connectivity index (χ1) is 12.4. The number of amides is 1. The Morgan fingerprint density at radius 3 is 2.65 bits per heavy atom. The zero-order valence-corrected chi connectivity index (χ0v) is 13.5. The molecule has 0 saturated heterocycles. The number of hydrogen-bond donors (Lipinski definition) is 2. The van der Waals surface area contributed by atoms with Crippen LogP contribution in [0.1, 0.15) is 34.0 Å². The molecule has 2 N–H and O–H groups in total. The van der Waals surface area contributed by atoms with E-state index in [1.807, 2.05) is 0 Å². The fourth-order valence-electron chi connectivity index (χ4n) is 2.63. The molecule has 1 atom stereocenters. The number of fused-ring (bicyclic) bond motifs is 1. The van der Waals surface area contributed by atoms with Gasteiger partial charge in [-0.1, -0.05) is 18.2 Å². The summed E-state index contributed by atoms with van der Waals surface area (Å²) in [4.78, 5) is 12.1. The molecule has 0 aromatic heterocycles. The molecule has 0 fully saturated rings. The van der Waals surface area contributed by atoms with Crippen molar-refractivity contribution >= 4 is 5.91 Å². The van der Waals surface area contributed by atoms with E-state index in [1.54, 1.807) is 18.2 Å². The van der Waals surface area contributed by atoms with E-state index < -0.39 is 29.3 Å². The summed E-state index contributed by atoms with van der Waals surface area (Å²) >= 11 is 0. The Morgan fingerprint density at radius 1 is 1.15 bits per heavy atom. The second kappa shape index (κ2) is 7.25. The van der Waals surface area contributed by atoms with Crippen LogP contribution < -0.4 is 14.8 Å². The molecular formula is C18H16F3NO4. The second-order valence-corrected chi connectivity index (χ2v) is 5.72. The van der Waals surface area contributed by atoms with Gasteiger partial charge >= 0.3 is 6.18 Å². The van der Waals surface area contributed by atoms with E-state index in [0.717, 1.165) is 12.1 Å². The Morgan fingerprint density at radius 2 is 1.88 bits per heavy atom. The number of carbonyl (C=O) groups is 1. The number of aliphatic hydroxyl groups is 1. The Bertz CT molecular complexity index is 807. The largest absolute Gasteiger partial charge is 0.454 e. The minimum Gasteiger partial charge on any atom is -0.454 e. The van der Waals surface area contributed by atoms with Crippen molar-refractivity contribution in [2.45, 2.75) is 18.7 Å². The fourth-order valence-corrected chi connectivity index (χ4v) is 2.63. The Hall–Kier alpha value is -2.74. The van der Waals surface area contributed by atoms with Crippen molar-refractivity contribution < 1.29 is 32.5 Å². The maximum absolute atomic E-state index is 12.9. The predicted molar refractivity (Wildman–Crippen MR) is 85.9 cm³/mol. The topological polar surface area (TPSA) is 67.8 Å². The van der Waals surface area contributed by atoms with Gasteiger partial charge in [0.25, 0.3) is 5.91 Å². The monoisotopic (exact) mass is 367 g/mol. The molecule has 1 aliphatic heterocycles. The van der Waals surface area contributed by atoms with Gasteiger partial charge in [-0.2, -0.15) is 13.2 Å². The Labute approximate surface area is 147 Å². The van der Waals surface area contributed by atoms with Gasteiger partial charge in [0.15, 0.2) is 11.5 Å². The summed E-state index contributed by atoms with van der Waals surface area (Å²) in [5, 5.41) is 12.6. The summed E-state index contributed by atoms with van der Waals surface area (Å²) in [6.45, 7) is 0.129. The number of benzene rings is 2. The average molecular weight is 367 g/mol. The molecule has 0 spiro atoms. The fraction of sp³-hybridized carbons (Fsp3) is 0.278. The lowest BCUT2D eigenvalue weighted by Gasteiger charge is -2.14. The molecule has 2 aromatic rings. The Balaban J connectivity index is 1.59. The lowest BCUT2D eigenvalue weighted by atomic mass is 10.0. The lowest BCUT2D eigenvalue weighted by molar-refractivity contribution is -0.137. The van der Waals surface area contributed by atoms with Gasteiger partial charge in [0.1, 0.15) is 0 Å². The summed E-state index contributed by atoms with van der Waals surface area (Å²) in [5.41, 5.74) is -0.870. The molecule has 8 heteroatoms. The quantitative estimate of drug-likeness (QED) is 0.851. The number of rotatable bonds is 5. The summed E-state index contributed by atoms with van der Waals surface area (Å²) in [6.07, 6.45) is -5.37. The number of aliphatic hydroxyl groups excluding tert-OH is 1. The van der Waals surface area contributed by atoms with Crippen molar-refractivity contribution in [3.8, 4) is 11.5 Å². The maximum Gasteiger partial charge on any atom is 0.417 e. The van der Waals surface area contributed by atoms with Crippen molar-refractivity contribution in [3.63, 3.8) is 0 Å². The van der Waals surface area contributed by atoms with Gasteiger partial charge in [-0.3, -0.25) is 4.79 Å². The first-order valence-corrected chi connectivity index (χ1v) is 7.88. The highest BCUT2D eigenvalue weighted by atomic mass is 19.4. The third kappa shape index (κ3) is 3.91. The molecule has 138 valence electrons. The molecule has 1 aliphatic rings. The highest BCUT2D eigenvalue weighted by Crippen LogP contribution is 2.35. The summed E-state index contributed by atoms with van der Waals surface area (Å²) in [6, 6.07) is 9.53. The molecule has 26 heavy (non-hydrogen) atoms. The third-order valence-corrected chi connectivity index (χ3v) is 3.96. The van der Waals surface area contributed by atoms with Crippen LogP contribution in [0, 0.1) is 0 Å². The van der Waals surface area contributed by atoms with E-state index in [0.29, 0.717) is 17.1 Å². The van der Waals surface area contributed by atoms with Crippen LogP contribution in [0.25, 0.3) is 0 Å². The van der Waals surface area contributed by atoms with Crippen LogP contribution in [0.3, 0.4) is 0 Å². The third-order valence-electron chi connectivity index (χ3n) is 3.96. The van der Waals surface area contributed by atoms with E-state index in [1.165, 1.54) is 12.1 Å². The van der Waals surface area contributed by atoms with Crippen LogP contribution in [0.5, 0.6) is 11.5 Å². The number of halogens is 3. The van der Waals surface area contributed by atoms with E-state index in [4.69, 9.17) is 9.47 Å². The molecule has 1 heterocycles. The normalized spacial score (nSPS) is 14.2. The van der Waals surface area contributed by atoms with Gasteiger partial charge in [0, 0.05) is 6.54 Å². The molecule has 0 saturated carbocycles.